The lowest BCUT2D eigenvalue weighted by atomic mass is 9.84. The molecule has 1 fully saturated rings. The number of nitrogens with zero attached hydrogens (tertiary/aromatic N) is 2. The first-order valence-electron chi connectivity index (χ1n) is 6.69. The highest BCUT2D eigenvalue weighted by molar-refractivity contribution is 6.33. The SMILES string of the molecule is Cc1nc(NC2CCCCC2CN)c(Cl)cc1C#N. The third-order valence-corrected chi connectivity index (χ3v) is 4.11. The molecular weight excluding hydrogens is 260 g/mol. The van der Waals surface area contributed by atoms with E-state index in [2.05, 4.69) is 16.4 Å². The van der Waals surface area contributed by atoms with Crippen LogP contribution in [-0.4, -0.2) is 17.6 Å². The van der Waals surface area contributed by atoms with Crippen molar-refractivity contribution in [3.05, 3.63) is 22.3 Å². The van der Waals surface area contributed by atoms with Crippen molar-refractivity contribution in [1.29, 1.82) is 5.26 Å². The number of hydrogen-bond acceptors (Lipinski definition) is 4. The van der Waals surface area contributed by atoms with Gasteiger partial charge in [0, 0.05) is 6.04 Å². The molecule has 2 unspecified atom stereocenters. The molecule has 5 heteroatoms. The average molecular weight is 279 g/mol. The Kier molecular flexibility index (Phi) is 4.62. The number of nitrogens with one attached hydrogen (secondary N) is 1. The number of aryl methyl sites for hydroxylation is 1. The molecule has 1 aromatic heterocycles. The maximum atomic E-state index is 8.95. The molecule has 0 amide bonds. The van der Waals surface area contributed by atoms with E-state index in [9.17, 15) is 0 Å². The monoisotopic (exact) mass is 278 g/mol. The molecule has 0 spiro atoms. The minimum Gasteiger partial charge on any atom is -0.366 e. The van der Waals surface area contributed by atoms with Gasteiger partial charge in [-0.25, -0.2) is 4.98 Å². The van der Waals surface area contributed by atoms with E-state index in [-0.39, 0.29) is 0 Å². The second kappa shape index (κ2) is 6.23. The lowest BCUT2D eigenvalue weighted by molar-refractivity contribution is 0.332. The zero-order chi connectivity index (χ0) is 13.8. The van der Waals surface area contributed by atoms with Crippen LogP contribution in [-0.2, 0) is 0 Å². The van der Waals surface area contributed by atoms with Gasteiger partial charge in [-0.1, -0.05) is 24.4 Å². The summed E-state index contributed by atoms with van der Waals surface area (Å²) in [7, 11) is 0. The van der Waals surface area contributed by atoms with Gasteiger partial charge in [-0.2, -0.15) is 5.26 Å². The minimum absolute atomic E-state index is 0.330. The Morgan fingerprint density at radius 3 is 2.95 bits per heavy atom. The third-order valence-electron chi connectivity index (χ3n) is 3.82. The molecule has 102 valence electrons. The Morgan fingerprint density at radius 1 is 1.53 bits per heavy atom. The van der Waals surface area contributed by atoms with Gasteiger partial charge in [0.25, 0.3) is 0 Å². The first-order chi connectivity index (χ1) is 9.15. The zero-order valence-electron chi connectivity index (χ0n) is 11.1. The van der Waals surface area contributed by atoms with Crippen molar-refractivity contribution in [2.45, 2.75) is 38.6 Å². The topological polar surface area (TPSA) is 74.7 Å². The molecule has 1 heterocycles. The van der Waals surface area contributed by atoms with Crippen LogP contribution in [0.5, 0.6) is 0 Å². The predicted octanol–water partition coefficient (Wildman–Crippen LogP) is 2.84. The van der Waals surface area contributed by atoms with Gasteiger partial charge in [-0.05, 0) is 38.3 Å². The smallest absolute Gasteiger partial charge is 0.145 e. The van der Waals surface area contributed by atoms with Crippen LogP contribution in [0, 0.1) is 24.2 Å². The second-order valence-electron chi connectivity index (χ2n) is 5.09. The summed E-state index contributed by atoms with van der Waals surface area (Å²) in [6.07, 6.45) is 4.70. The number of rotatable bonds is 3. The normalized spacial score (nSPS) is 22.8. The Bertz CT molecular complexity index is 495. The minimum atomic E-state index is 0.330. The van der Waals surface area contributed by atoms with Gasteiger partial charge < -0.3 is 11.1 Å². The standard InChI is InChI=1S/C14H19ClN4/c1-9-11(8-17)6-12(15)14(18-9)19-13-5-3-2-4-10(13)7-16/h6,10,13H,2-5,7,16H2,1H3,(H,18,19). The zero-order valence-corrected chi connectivity index (χ0v) is 11.9. The van der Waals surface area contributed by atoms with Crippen molar-refractivity contribution < 1.29 is 0 Å². The Balaban J connectivity index is 2.18. The third kappa shape index (κ3) is 3.17. The van der Waals surface area contributed by atoms with Crippen molar-refractivity contribution in [2.24, 2.45) is 11.7 Å². The van der Waals surface area contributed by atoms with Gasteiger partial charge >= 0.3 is 0 Å². The number of aromatic nitrogens is 1. The number of hydrogen-bond donors (Lipinski definition) is 2. The summed E-state index contributed by atoms with van der Waals surface area (Å²) in [6, 6.07) is 4.09. The first-order valence-corrected chi connectivity index (χ1v) is 7.07. The van der Waals surface area contributed by atoms with E-state index < -0.39 is 0 Å². The van der Waals surface area contributed by atoms with Gasteiger partial charge in [0.15, 0.2) is 0 Å². The summed E-state index contributed by atoms with van der Waals surface area (Å²) in [4.78, 5) is 4.40. The molecule has 19 heavy (non-hydrogen) atoms. The van der Waals surface area contributed by atoms with Crippen molar-refractivity contribution >= 4 is 17.4 Å². The highest BCUT2D eigenvalue weighted by atomic mass is 35.5. The number of halogens is 1. The molecule has 0 radical (unpaired) electrons. The number of pyridine rings is 1. The molecule has 3 N–H and O–H groups in total. The van der Waals surface area contributed by atoms with Gasteiger partial charge in [-0.15, -0.1) is 0 Å². The molecule has 0 aliphatic heterocycles. The molecule has 0 aromatic carbocycles. The van der Waals surface area contributed by atoms with Gasteiger partial charge in [0.05, 0.1) is 16.3 Å². The average Bonchev–Trinajstić information content (AvgIpc) is 2.43. The summed E-state index contributed by atoms with van der Waals surface area (Å²) in [5.74, 6) is 1.14. The molecular formula is C14H19ClN4. The molecule has 1 aromatic rings. The van der Waals surface area contributed by atoms with Crippen LogP contribution < -0.4 is 11.1 Å². The molecule has 2 atom stereocenters. The van der Waals surface area contributed by atoms with Crippen LogP contribution in [0.25, 0.3) is 0 Å². The van der Waals surface area contributed by atoms with Crippen molar-refractivity contribution in [3.63, 3.8) is 0 Å². The number of nitrogens with two attached hydrogens (primary N) is 1. The lowest BCUT2D eigenvalue weighted by Gasteiger charge is -2.32. The van der Waals surface area contributed by atoms with Crippen molar-refractivity contribution in [1.82, 2.24) is 4.98 Å². The van der Waals surface area contributed by atoms with E-state index in [1.54, 1.807) is 6.07 Å². The molecule has 1 aliphatic rings. The molecule has 4 nitrogen and oxygen atoms in total. The number of nitriles is 1. The highest BCUT2D eigenvalue weighted by Gasteiger charge is 2.24. The fourth-order valence-corrected chi connectivity index (χ4v) is 2.86. The summed E-state index contributed by atoms with van der Waals surface area (Å²) in [5.41, 5.74) is 7.05. The Hall–Kier alpha value is -1.31. The largest absolute Gasteiger partial charge is 0.366 e. The molecule has 0 saturated heterocycles. The van der Waals surface area contributed by atoms with Gasteiger partial charge in [-0.3, -0.25) is 0 Å². The second-order valence-corrected chi connectivity index (χ2v) is 5.50. The summed E-state index contributed by atoms with van der Waals surface area (Å²) in [5, 5.41) is 12.9. The summed E-state index contributed by atoms with van der Waals surface area (Å²) < 4.78 is 0. The summed E-state index contributed by atoms with van der Waals surface area (Å²) in [6.45, 7) is 2.51. The van der Waals surface area contributed by atoms with E-state index in [0.29, 0.717) is 40.6 Å². The highest BCUT2D eigenvalue weighted by Crippen LogP contribution is 2.29. The predicted molar refractivity (Wildman–Crippen MR) is 77.1 cm³/mol. The van der Waals surface area contributed by atoms with Crippen LogP contribution in [0.15, 0.2) is 6.07 Å². The molecule has 1 saturated carbocycles. The van der Waals surface area contributed by atoms with Crippen LogP contribution in [0.3, 0.4) is 0 Å². The number of anilines is 1. The van der Waals surface area contributed by atoms with Crippen LogP contribution in [0.4, 0.5) is 5.82 Å². The van der Waals surface area contributed by atoms with Crippen LogP contribution >= 0.6 is 11.6 Å². The van der Waals surface area contributed by atoms with Crippen molar-refractivity contribution in [3.8, 4) is 6.07 Å². The first kappa shape index (κ1) is 14.1. The van der Waals surface area contributed by atoms with Gasteiger partial charge in [0.1, 0.15) is 11.9 Å². The quantitative estimate of drug-likeness (QED) is 0.891. The molecule has 2 rings (SSSR count). The Labute approximate surface area is 119 Å². The molecule has 1 aliphatic carbocycles. The fourth-order valence-electron chi connectivity index (χ4n) is 2.65. The van der Waals surface area contributed by atoms with Crippen LogP contribution in [0.1, 0.15) is 36.9 Å². The lowest BCUT2D eigenvalue weighted by Crippen LogP contribution is -2.37. The van der Waals surface area contributed by atoms with Gasteiger partial charge in [0.2, 0.25) is 0 Å². The van der Waals surface area contributed by atoms with E-state index in [0.717, 1.165) is 12.8 Å². The maximum Gasteiger partial charge on any atom is 0.145 e. The summed E-state index contributed by atoms with van der Waals surface area (Å²) >= 11 is 6.18. The Morgan fingerprint density at radius 2 is 2.26 bits per heavy atom. The fraction of sp³-hybridized carbons (Fsp3) is 0.571. The molecule has 0 bridgehead atoms. The van der Waals surface area contributed by atoms with Crippen molar-refractivity contribution in [2.75, 3.05) is 11.9 Å². The van der Waals surface area contributed by atoms with Crippen LogP contribution in [0.2, 0.25) is 5.02 Å². The van der Waals surface area contributed by atoms with E-state index in [4.69, 9.17) is 22.6 Å². The van der Waals surface area contributed by atoms with E-state index >= 15 is 0 Å². The maximum absolute atomic E-state index is 8.95. The van der Waals surface area contributed by atoms with E-state index in [1.165, 1.54) is 12.8 Å². The van der Waals surface area contributed by atoms with E-state index in [1.807, 2.05) is 6.92 Å².